The number of carbonyl (C=O) groups excluding carboxylic acids is 1. The van der Waals surface area contributed by atoms with Crippen LogP contribution in [-0.4, -0.2) is 23.7 Å². The molecule has 3 nitrogen and oxygen atoms in total. The van der Waals surface area contributed by atoms with Gasteiger partial charge in [-0.05, 0) is 36.3 Å². The van der Waals surface area contributed by atoms with Gasteiger partial charge in [-0.15, -0.1) is 11.3 Å². The van der Waals surface area contributed by atoms with Crippen molar-refractivity contribution in [2.45, 2.75) is 39.2 Å². The van der Waals surface area contributed by atoms with Crippen LogP contribution in [0.5, 0.6) is 0 Å². The molecule has 0 radical (unpaired) electrons. The van der Waals surface area contributed by atoms with Crippen molar-refractivity contribution < 1.29 is 9.90 Å². The minimum absolute atomic E-state index is 0.0184. The van der Waals surface area contributed by atoms with Gasteiger partial charge in [0.2, 0.25) is 0 Å². The van der Waals surface area contributed by atoms with Gasteiger partial charge in [-0.2, -0.15) is 0 Å². The summed E-state index contributed by atoms with van der Waals surface area (Å²) in [4.78, 5) is 12.6. The number of aliphatic hydroxyl groups is 1. The van der Waals surface area contributed by atoms with Crippen molar-refractivity contribution in [3.05, 3.63) is 21.9 Å². The highest BCUT2D eigenvalue weighted by molar-refractivity contribution is 7.12. The highest BCUT2D eigenvalue weighted by Gasteiger charge is 2.11. The monoisotopic (exact) mass is 241 g/mol. The number of hydrogen-bond acceptors (Lipinski definition) is 3. The zero-order chi connectivity index (χ0) is 12.0. The van der Waals surface area contributed by atoms with E-state index in [1.54, 1.807) is 0 Å². The van der Waals surface area contributed by atoms with Crippen molar-refractivity contribution in [2.75, 3.05) is 6.54 Å². The van der Waals surface area contributed by atoms with Gasteiger partial charge in [0.05, 0.1) is 11.0 Å². The average molecular weight is 241 g/mol. The second-order valence-electron chi connectivity index (χ2n) is 3.74. The molecule has 0 bridgehead atoms. The molecule has 2 N–H and O–H groups in total. The van der Waals surface area contributed by atoms with Crippen LogP contribution in [0, 0.1) is 0 Å². The molecular formula is C12H19NO2S. The van der Waals surface area contributed by atoms with Gasteiger partial charge in [0.15, 0.2) is 0 Å². The molecule has 0 fully saturated rings. The molecule has 1 atom stereocenters. The molecule has 0 aliphatic heterocycles. The first-order valence-corrected chi connectivity index (χ1v) is 6.59. The molecule has 90 valence electrons. The van der Waals surface area contributed by atoms with E-state index in [-0.39, 0.29) is 12.0 Å². The van der Waals surface area contributed by atoms with Crippen LogP contribution in [0.15, 0.2) is 11.4 Å². The Hall–Kier alpha value is -0.870. The summed E-state index contributed by atoms with van der Waals surface area (Å²) in [5.41, 5.74) is 1.10. The van der Waals surface area contributed by atoms with Crippen LogP contribution in [0.25, 0.3) is 0 Å². The normalized spacial score (nSPS) is 12.4. The minimum atomic E-state index is -0.311. The number of rotatable bonds is 6. The Morgan fingerprint density at radius 3 is 2.94 bits per heavy atom. The molecule has 1 aromatic rings. The highest BCUT2D eigenvalue weighted by Crippen LogP contribution is 2.16. The predicted octanol–water partition coefficient (Wildman–Crippen LogP) is 2.20. The lowest BCUT2D eigenvalue weighted by Crippen LogP contribution is -2.26. The predicted molar refractivity (Wildman–Crippen MR) is 66.9 cm³/mol. The van der Waals surface area contributed by atoms with Gasteiger partial charge in [-0.25, -0.2) is 0 Å². The van der Waals surface area contributed by atoms with Gasteiger partial charge in [0.25, 0.3) is 5.91 Å². The topological polar surface area (TPSA) is 49.3 Å². The number of thiophene rings is 1. The first-order chi connectivity index (χ1) is 7.69. The highest BCUT2D eigenvalue weighted by atomic mass is 32.1. The third-order valence-corrected chi connectivity index (χ3v) is 3.52. The standard InChI is InChI=1S/C12H19NO2S/c1-3-9-6-8-16-11(9)12(15)13-7-5-10(14)4-2/h6,8,10,14H,3-5,7H2,1-2H3,(H,13,15). The van der Waals surface area contributed by atoms with E-state index < -0.39 is 0 Å². The number of aliphatic hydroxyl groups excluding tert-OH is 1. The van der Waals surface area contributed by atoms with E-state index in [9.17, 15) is 9.90 Å². The summed E-state index contributed by atoms with van der Waals surface area (Å²) >= 11 is 1.47. The van der Waals surface area contributed by atoms with E-state index in [4.69, 9.17) is 0 Å². The third-order valence-electron chi connectivity index (χ3n) is 2.57. The van der Waals surface area contributed by atoms with E-state index in [0.29, 0.717) is 13.0 Å². The van der Waals surface area contributed by atoms with Crippen LogP contribution >= 0.6 is 11.3 Å². The maximum atomic E-state index is 11.8. The fourth-order valence-electron chi connectivity index (χ4n) is 1.45. The zero-order valence-corrected chi connectivity index (χ0v) is 10.6. The maximum absolute atomic E-state index is 11.8. The molecule has 1 aromatic heterocycles. The summed E-state index contributed by atoms with van der Waals surface area (Å²) in [6.07, 6.45) is 1.92. The summed E-state index contributed by atoms with van der Waals surface area (Å²) in [5.74, 6) is -0.0184. The van der Waals surface area contributed by atoms with E-state index in [0.717, 1.165) is 23.3 Å². The number of carbonyl (C=O) groups is 1. The van der Waals surface area contributed by atoms with Crippen molar-refractivity contribution in [3.8, 4) is 0 Å². The molecule has 0 aliphatic rings. The van der Waals surface area contributed by atoms with Crippen molar-refractivity contribution >= 4 is 17.2 Å². The molecule has 1 rings (SSSR count). The Morgan fingerprint density at radius 2 is 2.31 bits per heavy atom. The molecule has 1 heterocycles. The average Bonchev–Trinajstić information content (AvgIpc) is 2.76. The lowest BCUT2D eigenvalue weighted by molar-refractivity contribution is 0.0945. The molecule has 0 spiro atoms. The summed E-state index contributed by atoms with van der Waals surface area (Å²) < 4.78 is 0. The molecule has 1 amide bonds. The van der Waals surface area contributed by atoms with Crippen LogP contribution in [0.4, 0.5) is 0 Å². The number of hydrogen-bond donors (Lipinski definition) is 2. The fourth-order valence-corrected chi connectivity index (χ4v) is 2.36. The van der Waals surface area contributed by atoms with Crippen molar-refractivity contribution in [2.24, 2.45) is 0 Å². The van der Waals surface area contributed by atoms with E-state index >= 15 is 0 Å². The van der Waals surface area contributed by atoms with Crippen LogP contribution in [0.2, 0.25) is 0 Å². The zero-order valence-electron chi connectivity index (χ0n) is 9.82. The van der Waals surface area contributed by atoms with Gasteiger partial charge in [0, 0.05) is 6.54 Å². The molecule has 0 saturated carbocycles. The van der Waals surface area contributed by atoms with Crippen molar-refractivity contribution in [1.82, 2.24) is 5.32 Å². The molecule has 4 heteroatoms. The van der Waals surface area contributed by atoms with Gasteiger partial charge in [-0.1, -0.05) is 13.8 Å². The first-order valence-electron chi connectivity index (χ1n) is 5.71. The largest absolute Gasteiger partial charge is 0.393 e. The Bertz CT molecular complexity index is 336. The van der Waals surface area contributed by atoms with Crippen LogP contribution in [0.1, 0.15) is 41.9 Å². The summed E-state index contributed by atoms with van der Waals surface area (Å²) in [7, 11) is 0. The smallest absolute Gasteiger partial charge is 0.261 e. The molecule has 0 aliphatic carbocycles. The molecule has 16 heavy (non-hydrogen) atoms. The fraction of sp³-hybridized carbons (Fsp3) is 0.583. The summed E-state index contributed by atoms with van der Waals surface area (Å²) in [5, 5.41) is 14.1. The van der Waals surface area contributed by atoms with Gasteiger partial charge < -0.3 is 10.4 Å². The lowest BCUT2D eigenvalue weighted by atomic mass is 10.2. The number of amides is 1. The maximum Gasteiger partial charge on any atom is 0.261 e. The number of aryl methyl sites for hydroxylation is 1. The van der Waals surface area contributed by atoms with E-state index in [1.807, 2.05) is 25.3 Å². The Kier molecular flexibility index (Phi) is 5.49. The van der Waals surface area contributed by atoms with Gasteiger partial charge in [-0.3, -0.25) is 4.79 Å². The van der Waals surface area contributed by atoms with Crippen LogP contribution in [-0.2, 0) is 6.42 Å². The molecular weight excluding hydrogens is 222 g/mol. The minimum Gasteiger partial charge on any atom is -0.393 e. The van der Waals surface area contributed by atoms with Crippen molar-refractivity contribution in [1.29, 1.82) is 0 Å². The lowest BCUT2D eigenvalue weighted by Gasteiger charge is -2.08. The second kappa shape index (κ2) is 6.66. The third kappa shape index (κ3) is 3.61. The van der Waals surface area contributed by atoms with E-state index in [1.165, 1.54) is 11.3 Å². The summed E-state index contributed by atoms with van der Waals surface area (Å²) in [6, 6.07) is 1.99. The second-order valence-corrected chi connectivity index (χ2v) is 4.65. The van der Waals surface area contributed by atoms with Crippen LogP contribution in [0.3, 0.4) is 0 Å². The Labute approximate surface area is 100 Å². The summed E-state index contributed by atoms with van der Waals surface area (Å²) in [6.45, 7) is 4.51. The van der Waals surface area contributed by atoms with Gasteiger partial charge >= 0.3 is 0 Å². The SMILES string of the molecule is CCc1ccsc1C(=O)NCCC(O)CC. The molecule has 1 unspecified atom stereocenters. The quantitative estimate of drug-likeness (QED) is 0.802. The first kappa shape index (κ1) is 13.2. The van der Waals surface area contributed by atoms with Crippen molar-refractivity contribution in [3.63, 3.8) is 0 Å². The van der Waals surface area contributed by atoms with Gasteiger partial charge in [0.1, 0.15) is 0 Å². The van der Waals surface area contributed by atoms with E-state index in [2.05, 4.69) is 5.32 Å². The molecule has 0 saturated heterocycles. The van der Waals surface area contributed by atoms with Crippen LogP contribution < -0.4 is 5.32 Å². The Morgan fingerprint density at radius 1 is 1.56 bits per heavy atom. The number of nitrogens with one attached hydrogen (secondary N) is 1. The molecule has 0 aromatic carbocycles. The Balaban J connectivity index is 2.41.